The van der Waals surface area contributed by atoms with Crippen LogP contribution in [0, 0.1) is 0 Å². The Bertz CT molecular complexity index is 571. The Morgan fingerprint density at radius 3 is 2.00 bits per heavy atom. The van der Waals surface area contributed by atoms with Crippen molar-refractivity contribution in [1.82, 2.24) is 0 Å². The van der Waals surface area contributed by atoms with Gasteiger partial charge in [-0.3, -0.25) is 9.59 Å². The molecule has 0 saturated carbocycles. The molecule has 0 aromatic heterocycles. The van der Waals surface area contributed by atoms with Crippen LogP contribution in [0.15, 0.2) is 54.6 Å². The molecule has 0 bridgehead atoms. The van der Waals surface area contributed by atoms with Crippen molar-refractivity contribution in [3.63, 3.8) is 0 Å². The molecule has 0 radical (unpaired) electrons. The van der Waals surface area contributed by atoms with E-state index in [1.165, 1.54) is 6.92 Å². The van der Waals surface area contributed by atoms with Crippen LogP contribution in [-0.2, 0) is 6.42 Å². The van der Waals surface area contributed by atoms with Crippen molar-refractivity contribution in [2.24, 2.45) is 0 Å². The van der Waals surface area contributed by atoms with Gasteiger partial charge in [0.15, 0.2) is 11.6 Å². The molecule has 0 atom stereocenters. The molecule has 0 aliphatic carbocycles. The first-order valence-electron chi connectivity index (χ1n) is 5.85. The summed E-state index contributed by atoms with van der Waals surface area (Å²) in [5.41, 5.74) is 1.97. The van der Waals surface area contributed by atoms with Gasteiger partial charge in [-0.05, 0) is 12.5 Å². The third-order valence-electron chi connectivity index (χ3n) is 2.81. The third kappa shape index (κ3) is 2.72. The fourth-order valence-corrected chi connectivity index (χ4v) is 1.91. The van der Waals surface area contributed by atoms with Gasteiger partial charge in [-0.15, -0.1) is 0 Å². The lowest BCUT2D eigenvalue weighted by Gasteiger charge is -2.05. The second kappa shape index (κ2) is 5.41. The maximum absolute atomic E-state index is 12.2. The quantitative estimate of drug-likeness (QED) is 0.766. The molecule has 0 unspecified atom stereocenters. The van der Waals surface area contributed by atoms with Crippen molar-refractivity contribution >= 4 is 11.6 Å². The summed E-state index contributed by atoms with van der Waals surface area (Å²) in [5.74, 6) is -0.0981. The first-order valence-corrected chi connectivity index (χ1v) is 5.85. The molecular weight excluding hydrogens is 224 g/mol. The van der Waals surface area contributed by atoms with Gasteiger partial charge in [0.25, 0.3) is 0 Å². The zero-order valence-corrected chi connectivity index (χ0v) is 10.2. The van der Waals surface area contributed by atoms with E-state index in [2.05, 4.69) is 0 Å². The first kappa shape index (κ1) is 12.2. The molecule has 2 heteroatoms. The number of hydrogen-bond donors (Lipinski definition) is 0. The summed E-state index contributed by atoms with van der Waals surface area (Å²) in [5, 5.41) is 0. The third-order valence-corrected chi connectivity index (χ3v) is 2.81. The van der Waals surface area contributed by atoms with Gasteiger partial charge in [0.2, 0.25) is 0 Å². The maximum Gasteiger partial charge on any atom is 0.167 e. The van der Waals surface area contributed by atoms with Crippen LogP contribution >= 0.6 is 0 Å². The van der Waals surface area contributed by atoms with Crippen molar-refractivity contribution in [3.05, 3.63) is 71.3 Å². The summed E-state index contributed by atoms with van der Waals surface area (Å²) in [6.45, 7) is 1.48. The average Bonchev–Trinajstić information content (AvgIpc) is 2.40. The zero-order chi connectivity index (χ0) is 13.0. The molecule has 2 aromatic carbocycles. The Kier molecular flexibility index (Phi) is 3.68. The molecule has 2 rings (SSSR count). The van der Waals surface area contributed by atoms with E-state index in [1.807, 2.05) is 30.3 Å². The first-order chi connectivity index (χ1) is 8.68. The van der Waals surface area contributed by atoms with Crippen LogP contribution < -0.4 is 0 Å². The predicted molar refractivity (Wildman–Crippen MR) is 70.9 cm³/mol. The second-order valence-corrected chi connectivity index (χ2v) is 4.19. The van der Waals surface area contributed by atoms with Crippen LogP contribution in [-0.4, -0.2) is 11.6 Å². The van der Waals surface area contributed by atoms with E-state index in [4.69, 9.17) is 0 Å². The molecule has 0 amide bonds. The number of carbonyl (C=O) groups is 2. The Balaban J connectivity index is 2.27. The molecule has 0 N–H and O–H groups in total. The Morgan fingerprint density at radius 2 is 1.39 bits per heavy atom. The summed E-state index contributed by atoms with van der Waals surface area (Å²) in [7, 11) is 0. The van der Waals surface area contributed by atoms with Gasteiger partial charge < -0.3 is 0 Å². The second-order valence-electron chi connectivity index (χ2n) is 4.19. The molecule has 0 aliphatic rings. The van der Waals surface area contributed by atoms with E-state index in [1.54, 1.807) is 24.3 Å². The lowest BCUT2D eigenvalue weighted by atomic mass is 9.97. The predicted octanol–water partition coefficient (Wildman–Crippen LogP) is 3.31. The van der Waals surface area contributed by atoms with Gasteiger partial charge in [0.05, 0.1) is 0 Å². The highest BCUT2D eigenvalue weighted by molar-refractivity contribution is 6.08. The monoisotopic (exact) mass is 238 g/mol. The summed E-state index contributed by atoms with van der Waals surface area (Å²) >= 11 is 0. The van der Waals surface area contributed by atoms with E-state index in [-0.39, 0.29) is 11.6 Å². The fourth-order valence-electron chi connectivity index (χ4n) is 1.91. The molecule has 2 nitrogen and oxygen atoms in total. The van der Waals surface area contributed by atoms with Crippen LogP contribution in [0.1, 0.15) is 33.2 Å². The van der Waals surface area contributed by atoms with Gasteiger partial charge in [-0.1, -0.05) is 54.6 Å². The van der Waals surface area contributed by atoms with E-state index < -0.39 is 0 Å². The van der Waals surface area contributed by atoms with Crippen molar-refractivity contribution < 1.29 is 9.59 Å². The highest BCUT2D eigenvalue weighted by atomic mass is 16.1. The number of carbonyl (C=O) groups excluding carboxylic acids is 2. The lowest BCUT2D eigenvalue weighted by molar-refractivity contribution is 0.0969. The number of rotatable bonds is 4. The minimum Gasteiger partial charge on any atom is -0.294 e. The van der Waals surface area contributed by atoms with Crippen LogP contribution in [0.3, 0.4) is 0 Å². The van der Waals surface area contributed by atoms with Gasteiger partial charge in [0.1, 0.15) is 0 Å². The van der Waals surface area contributed by atoms with Crippen molar-refractivity contribution in [2.45, 2.75) is 13.3 Å². The van der Waals surface area contributed by atoms with Gasteiger partial charge in [0, 0.05) is 17.5 Å². The largest absolute Gasteiger partial charge is 0.294 e. The van der Waals surface area contributed by atoms with Crippen LogP contribution in [0.4, 0.5) is 0 Å². The summed E-state index contributed by atoms with van der Waals surface area (Å²) < 4.78 is 0. The smallest absolute Gasteiger partial charge is 0.167 e. The molecule has 18 heavy (non-hydrogen) atoms. The highest BCUT2D eigenvalue weighted by Gasteiger charge is 2.13. The van der Waals surface area contributed by atoms with E-state index in [0.29, 0.717) is 17.5 Å². The maximum atomic E-state index is 12.2. The zero-order valence-electron chi connectivity index (χ0n) is 10.2. The van der Waals surface area contributed by atoms with Crippen molar-refractivity contribution in [3.8, 4) is 0 Å². The number of hydrogen-bond acceptors (Lipinski definition) is 2. The van der Waals surface area contributed by atoms with Gasteiger partial charge >= 0.3 is 0 Å². The van der Waals surface area contributed by atoms with Gasteiger partial charge in [-0.2, -0.15) is 0 Å². The minimum absolute atomic E-state index is 0.0213. The molecule has 0 saturated heterocycles. The normalized spacial score (nSPS) is 10.1. The molecule has 0 spiro atoms. The summed E-state index contributed by atoms with van der Waals surface area (Å²) in [6.07, 6.45) is 0.325. The number of Topliss-reactive ketones (excluding diaryl/α,β-unsaturated/α-hetero) is 2. The molecule has 0 fully saturated rings. The molecule has 0 aliphatic heterocycles. The lowest BCUT2D eigenvalue weighted by Crippen LogP contribution is -2.09. The fraction of sp³-hybridized carbons (Fsp3) is 0.125. The van der Waals surface area contributed by atoms with E-state index in [0.717, 1.165) is 5.56 Å². The Morgan fingerprint density at radius 1 is 0.833 bits per heavy atom. The Labute approximate surface area is 106 Å². The van der Waals surface area contributed by atoms with Crippen molar-refractivity contribution in [2.75, 3.05) is 0 Å². The van der Waals surface area contributed by atoms with E-state index >= 15 is 0 Å². The van der Waals surface area contributed by atoms with Gasteiger partial charge in [-0.25, -0.2) is 0 Å². The number of benzene rings is 2. The van der Waals surface area contributed by atoms with Crippen molar-refractivity contribution in [1.29, 1.82) is 0 Å². The average molecular weight is 238 g/mol. The highest BCUT2D eigenvalue weighted by Crippen LogP contribution is 2.13. The SMILES string of the molecule is CC(=O)c1ccccc1C(=O)Cc1ccccc1. The van der Waals surface area contributed by atoms with Crippen LogP contribution in [0.25, 0.3) is 0 Å². The molecule has 2 aromatic rings. The summed E-state index contributed by atoms with van der Waals surface area (Å²) in [6, 6.07) is 16.5. The topological polar surface area (TPSA) is 34.1 Å². The molecule has 90 valence electrons. The molecule has 0 heterocycles. The summed E-state index contributed by atoms with van der Waals surface area (Å²) in [4.78, 5) is 23.7. The van der Waals surface area contributed by atoms with Crippen LogP contribution in [0.5, 0.6) is 0 Å². The minimum atomic E-state index is -0.0768. The Hall–Kier alpha value is -2.22. The van der Waals surface area contributed by atoms with E-state index in [9.17, 15) is 9.59 Å². The van der Waals surface area contributed by atoms with Crippen LogP contribution in [0.2, 0.25) is 0 Å². The number of ketones is 2. The standard InChI is InChI=1S/C16H14O2/c1-12(17)14-9-5-6-10-15(14)16(18)11-13-7-3-2-4-8-13/h2-10H,11H2,1H3. The molecular formula is C16H14O2.